The predicted molar refractivity (Wildman–Crippen MR) is 89.8 cm³/mol. The number of ether oxygens (including phenoxy) is 1. The van der Waals surface area contributed by atoms with Gasteiger partial charge in [0.25, 0.3) is 5.91 Å². The maximum absolute atomic E-state index is 12.5. The molecule has 0 atom stereocenters. The highest BCUT2D eigenvalue weighted by atomic mass is 16.5. The van der Waals surface area contributed by atoms with Crippen LogP contribution in [0.15, 0.2) is 30.3 Å². The van der Waals surface area contributed by atoms with E-state index in [1.807, 2.05) is 37.3 Å². The number of fused-ring (bicyclic) bond motifs is 1. The molecule has 1 amide bonds. The Balaban J connectivity index is 1.58. The van der Waals surface area contributed by atoms with Crippen molar-refractivity contribution in [3.05, 3.63) is 41.6 Å². The summed E-state index contributed by atoms with van der Waals surface area (Å²) in [5.74, 6) is -0.0105. The van der Waals surface area contributed by atoms with Crippen molar-refractivity contribution in [2.24, 2.45) is 0 Å². The van der Waals surface area contributed by atoms with E-state index in [9.17, 15) is 4.79 Å². The summed E-state index contributed by atoms with van der Waals surface area (Å²) in [5, 5.41) is 3.96. The first-order valence-electron chi connectivity index (χ1n) is 8.30. The van der Waals surface area contributed by atoms with E-state index >= 15 is 0 Å². The molecule has 5 nitrogen and oxygen atoms in total. The number of quaternary nitrogens is 1. The number of para-hydroxylation sites is 1. The van der Waals surface area contributed by atoms with Crippen LogP contribution < -0.4 is 10.2 Å². The third kappa shape index (κ3) is 4.06. The molecular formula is C18H24N3O2+. The van der Waals surface area contributed by atoms with Crippen LogP contribution in [0.4, 0.5) is 0 Å². The number of aryl methyl sites for hydroxylation is 1. The Hall–Kier alpha value is -1.98. The summed E-state index contributed by atoms with van der Waals surface area (Å²) < 4.78 is 5.36. The van der Waals surface area contributed by atoms with Gasteiger partial charge in [-0.05, 0) is 19.1 Å². The third-order valence-electron chi connectivity index (χ3n) is 4.28. The van der Waals surface area contributed by atoms with Crippen molar-refractivity contribution in [3.63, 3.8) is 0 Å². The number of carbonyl (C=O) groups is 1. The monoisotopic (exact) mass is 314 g/mol. The fourth-order valence-electron chi connectivity index (χ4n) is 3.04. The number of aromatic nitrogens is 1. The summed E-state index contributed by atoms with van der Waals surface area (Å²) in [5.41, 5.74) is 2.45. The van der Waals surface area contributed by atoms with Gasteiger partial charge in [-0.2, -0.15) is 0 Å². The van der Waals surface area contributed by atoms with Gasteiger partial charge in [0.2, 0.25) is 0 Å². The molecule has 0 unspecified atom stereocenters. The van der Waals surface area contributed by atoms with Gasteiger partial charge in [0, 0.05) is 24.0 Å². The van der Waals surface area contributed by atoms with E-state index < -0.39 is 0 Å². The van der Waals surface area contributed by atoms with E-state index in [2.05, 4.69) is 10.3 Å². The summed E-state index contributed by atoms with van der Waals surface area (Å²) in [6.45, 7) is 7.56. The molecule has 23 heavy (non-hydrogen) atoms. The largest absolute Gasteiger partial charge is 0.370 e. The van der Waals surface area contributed by atoms with Crippen LogP contribution in [0.5, 0.6) is 0 Å². The molecule has 3 rings (SSSR count). The molecular weight excluding hydrogens is 290 g/mol. The van der Waals surface area contributed by atoms with Crippen LogP contribution in [0.3, 0.4) is 0 Å². The van der Waals surface area contributed by atoms with Gasteiger partial charge in [-0.15, -0.1) is 0 Å². The molecule has 1 aliphatic rings. The number of morpholine rings is 1. The maximum atomic E-state index is 12.5. The Morgan fingerprint density at radius 1 is 1.30 bits per heavy atom. The van der Waals surface area contributed by atoms with Crippen LogP contribution in [-0.2, 0) is 4.74 Å². The number of carbonyl (C=O) groups excluding carboxylic acids is 1. The van der Waals surface area contributed by atoms with Gasteiger partial charge in [-0.3, -0.25) is 9.78 Å². The zero-order chi connectivity index (χ0) is 16.1. The van der Waals surface area contributed by atoms with Gasteiger partial charge in [0.15, 0.2) is 0 Å². The van der Waals surface area contributed by atoms with Gasteiger partial charge < -0.3 is 15.0 Å². The molecule has 122 valence electrons. The van der Waals surface area contributed by atoms with Crippen molar-refractivity contribution in [1.82, 2.24) is 10.3 Å². The van der Waals surface area contributed by atoms with Gasteiger partial charge >= 0.3 is 0 Å². The summed E-state index contributed by atoms with van der Waals surface area (Å²) in [6.07, 6.45) is 0.989. The van der Waals surface area contributed by atoms with Crippen molar-refractivity contribution in [2.75, 3.05) is 39.4 Å². The zero-order valence-electron chi connectivity index (χ0n) is 13.6. The molecule has 1 aromatic heterocycles. The van der Waals surface area contributed by atoms with E-state index in [1.54, 1.807) is 4.90 Å². The number of rotatable bonds is 5. The minimum absolute atomic E-state index is 0.0105. The number of benzene rings is 1. The van der Waals surface area contributed by atoms with E-state index in [-0.39, 0.29) is 5.91 Å². The lowest BCUT2D eigenvalue weighted by Gasteiger charge is -2.23. The van der Waals surface area contributed by atoms with Gasteiger partial charge in [-0.1, -0.05) is 18.2 Å². The molecule has 0 radical (unpaired) electrons. The normalized spacial score (nSPS) is 15.7. The molecule has 1 saturated heterocycles. The highest BCUT2D eigenvalue weighted by Crippen LogP contribution is 2.17. The fourth-order valence-corrected chi connectivity index (χ4v) is 3.04. The summed E-state index contributed by atoms with van der Waals surface area (Å²) in [4.78, 5) is 18.5. The van der Waals surface area contributed by atoms with E-state index in [1.165, 1.54) is 0 Å². The van der Waals surface area contributed by atoms with Crippen LogP contribution in [-0.4, -0.2) is 50.3 Å². The van der Waals surface area contributed by atoms with Crippen LogP contribution in [0.1, 0.15) is 22.5 Å². The second-order valence-corrected chi connectivity index (χ2v) is 6.05. The number of pyridine rings is 1. The molecule has 2 heterocycles. The topological polar surface area (TPSA) is 55.7 Å². The first kappa shape index (κ1) is 15.9. The Labute approximate surface area is 136 Å². The average Bonchev–Trinajstić information content (AvgIpc) is 2.58. The van der Waals surface area contributed by atoms with Crippen molar-refractivity contribution >= 4 is 16.8 Å². The third-order valence-corrected chi connectivity index (χ3v) is 4.28. The molecule has 0 bridgehead atoms. The second kappa shape index (κ2) is 7.53. The molecule has 1 aromatic carbocycles. The molecule has 0 aliphatic carbocycles. The molecule has 1 aliphatic heterocycles. The lowest BCUT2D eigenvalue weighted by atomic mass is 10.1. The van der Waals surface area contributed by atoms with Gasteiger partial charge in [-0.25, -0.2) is 0 Å². The number of amides is 1. The molecule has 2 aromatic rings. The first-order valence-corrected chi connectivity index (χ1v) is 8.30. The Kier molecular flexibility index (Phi) is 5.20. The highest BCUT2D eigenvalue weighted by molar-refractivity contribution is 6.06. The maximum Gasteiger partial charge on any atom is 0.252 e. The Morgan fingerprint density at radius 2 is 2.09 bits per heavy atom. The molecule has 1 fully saturated rings. The quantitative estimate of drug-likeness (QED) is 0.794. The zero-order valence-corrected chi connectivity index (χ0v) is 13.6. The molecule has 2 N–H and O–H groups in total. The lowest BCUT2D eigenvalue weighted by molar-refractivity contribution is -0.908. The smallest absolute Gasteiger partial charge is 0.252 e. The highest BCUT2D eigenvalue weighted by Gasteiger charge is 2.14. The minimum atomic E-state index is -0.0105. The minimum Gasteiger partial charge on any atom is -0.370 e. The Bertz CT molecular complexity index is 681. The first-order chi connectivity index (χ1) is 11.2. The Morgan fingerprint density at radius 3 is 2.91 bits per heavy atom. The number of hydrogen-bond acceptors (Lipinski definition) is 3. The average molecular weight is 314 g/mol. The second-order valence-electron chi connectivity index (χ2n) is 6.05. The van der Waals surface area contributed by atoms with E-state index in [0.29, 0.717) is 12.1 Å². The van der Waals surface area contributed by atoms with Crippen LogP contribution in [0, 0.1) is 6.92 Å². The van der Waals surface area contributed by atoms with Crippen molar-refractivity contribution in [3.8, 4) is 0 Å². The van der Waals surface area contributed by atoms with E-state index in [0.717, 1.165) is 55.9 Å². The van der Waals surface area contributed by atoms with Crippen molar-refractivity contribution < 1.29 is 14.4 Å². The van der Waals surface area contributed by atoms with Crippen molar-refractivity contribution in [2.45, 2.75) is 13.3 Å². The summed E-state index contributed by atoms with van der Waals surface area (Å²) >= 11 is 0. The SMILES string of the molecule is Cc1cc(C(=O)NCCC[NH+]2CCOCC2)c2ccccc2n1. The molecule has 0 saturated carbocycles. The summed E-state index contributed by atoms with van der Waals surface area (Å²) in [7, 11) is 0. The van der Waals surface area contributed by atoms with Gasteiger partial charge in [0.05, 0.1) is 30.8 Å². The number of nitrogens with one attached hydrogen (secondary N) is 2. The van der Waals surface area contributed by atoms with Crippen molar-refractivity contribution in [1.29, 1.82) is 0 Å². The lowest BCUT2D eigenvalue weighted by Crippen LogP contribution is -3.14. The molecule has 0 spiro atoms. The molecule has 5 heteroatoms. The number of nitrogens with zero attached hydrogens (tertiary/aromatic N) is 1. The van der Waals surface area contributed by atoms with Crippen LogP contribution in [0.25, 0.3) is 10.9 Å². The standard InChI is InChI=1S/C18H23N3O2/c1-14-13-16(15-5-2-3-6-17(15)20-14)18(22)19-7-4-8-21-9-11-23-12-10-21/h2-3,5-6,13H,4,7-12H2,1H3,(H,19,22)/p+1. The van der Waals surface area contributed by atoms with Crippen LogP contribution >= 0.6 is 0 Å². The predicted octanol–water partition coefficient (Wildman–Crippen LogP) is 0.578. The summed E-state index contributed by atoms with van der Waals surface area (Å²) in [6, 6.07) is 9.65. The van der Waals surface area contributed by atoms with E-state index in [4.69, 9.17) is 4.74 Å². The van der Waals surface area contributed by atoms with Gasteiger partial charge in [0.1, 0.15) is 13.1 Å². The van der Waals surface area contributed by atoms with Crippen LogP contribution in [0.2, 0.25) is 0 Å². The number of hydrogen-bond donors (Lipinski definition) is 2. The fraction of sp³-hybridized carbons (Fsp3) is 0.444.